The van der Waals surface area contributed by atoms with E-state index < -0.39 is 5.56 Å². The zero-order valence-corrected chi connectivity index (χ0v) is 14.5. The van der Waals surface area contributed by atoms with Crippen LogP contribution in [-0.4, -0.2) is 28.6 Å². The van der Waals surface area contributed by atoms with E-state index in [9.17, 15) is 14.9 Å². The summed E-state index contributed by atoms with van der Waals surface area (Å²) in [5.41, 5.74) is 0.220. The Bertz CT molecular complexity index is 1020. The molecule has 0 saturated carbocycles. The van der Waals surface area contributed by atoms with Crippen molar-refractivity contribution in [2.24, 2.45) is 0 Å². The second-order valence-electron chi connectivity index (χ2n) is 5.12. The van der Waals surface area contributed by atoms with E-state index in [1.165, 1.54) is 6.26 Å². The summed E-state index contributed by atoms with van der Waals surface area (Å²) in [4.78, 5) is 31.1. The number of nitrogens with one attached hydrogen (secondary N) is 1. The van der Waals surface area contributed by atoms with Gasteiger partial charge >= 0.3 is 0 Å². The van der Waals surface area contributed by atoms with Crippen molar-refractivity contribution in [2.75, 3.05) is 12.9 Å². The highest BCUT2D eigenvalue weighted by Gasteiger charge is 2.16. The standard InChI is InChI=1S/C18H13N3O4S/c1-24-12-6-4-11(5-7-12)16-13(9-19)17(23)21-18(20-16)26-10-14(22)15-3-2-8-25-15/h2-8H,10H2,1H3,(H,20,21,23). The molecule has 1 aromatic carbocycles. The molecule has 3 rings (SSSR count). The number of hydrogen-bond acceptors (Lipinski definition) is 7. The molecular weight excluding hydrogens is 354 g/mol. The zero-order chi connectivity index (χ0) is 18.5. The van der Waals surface area contributed by atoms with Gasteiger partial charge in [0.2, 0.25) is 5.78 Å². The Labute approximate surface area is 152 Å². The van der Waals surface area contributed by atoms with Crippen molar-refractivity contribution < 1.29 is 13.9 Å². The van der Waals surface area contributed by atoms with E-state index in [2.05, 4.69) is 9.97 Å². The normalized spacial score (nSPS) is 10.3. The van der Waals surface area contributed by atoms with Crippen molar-refractivity contribution in [3.63, 3.8) is 0 Å². The molecule has 3 aromatic rings. The number of aromatic amines is 1. The van der Waals surface area contributed by atoms with Gasteiger partial charge in [-0.15, -0.1) is 0 Å². The van der Waals surface area contributed by atoms with E-state index >= 15 is 0 Å². The molecule has 0 amide bonds. The molecule has 0 unspecified atom stereocenters. The first-order valence-electron chi connectivity index (χ1n) is 7.50. The van der Waals surface area contributed by atoms with Crippen LogP contribution in [0.2, 0.25) is 0 Å². The van der Waals surface area contributed by atoms with Crippen LogP contribution in [0.3, 0.4) is 0 Å². The van der Waals surface area contributed by atoms with Gasteiger partial charge in [0, 0.05) is 5.56 Å². The quantitative estimate of drug-likeness (QED) is 0.405. The van der Waals surface area contributed by atoms with E-state index in [0.29, 0.717) is 11.3 Å². The number of carbonyl (C=O) groups is 1. The Kier molecular flexibility index (Phi) is 5.20. The lowest BCUT2D eigenvalue weighted by Gasteiger charge is -2.07. The van der Waals surface area contributed by atoms with Crippen LogP contribution in [0.15, 0.2) is 57.0 Å². The average Bonchev–Trinajstić information content (AvgIpc) is 3.20. The van der Waals surface area contributed by atoms with Gasteiger partial charge in [-0.3, -0.25) is 9.59 Å². The number of thioether (sulfide) groups is 1. The number of H-pyrrole nitrogens is 1. The van der Waals surface area contributed by atoms with Gasteiger partial charge in [0.1, 0.15) is 17.4 Å². The number of rotatable bonds is 6. The molecule has 0 bridgehead atoms. The number of aromatic nitrogens is 2. The van der Waals surface area contributed by atoms with Crippen LogP contribution in [-0.2, 0) is 0 Å². The van der Waals surface area contributed by atoms with Crippen LogP contribution in [0.4, 0.5) is 0 Å². The third-order valence-electron chi connectivity index (χ3n) is 3.51. The van der Waals surface area contributed by atoms with Crippen molar-refractivity contribution in [2.45, 2.75) is 5.16 Å². The summed E-state index contributed by atoms with van der Waals surface area (Å²) in [5, 5.41) is 9.54. The second kappa shape index (κ2) is 7.72. The minimum atomic E-state index is -0.554. The molecule has 2 aromatic heterocycles. The Hall–Kier alpha value is -3.31. The third-order valence-corrected chi connectivity index (χ3v) is 4.38. The summed E-state index contributed by atoms with van der Waals surface area (Å²) < 4.78 is 10.2. The number of nitriles is 1. The van der Waals surface area contributed by atoms with E-state index in [1.54, 1.807) is 43.5 Å². The Balaban J connectivity index is 1.90. The first-order valence-corrected chi connectivity index (χ1v) is 8.49. The fraction of sp³-hybridized carbons (Fsp3) is 0.111. The van der Waals surface area contributed by atoms with E-state index in [1.807, 2.05) is 6.07 Å². The van der Waals surface area contributed by atoms with Crippen molar-refractivity contribution in [3.05, 3.63) is 64.3 Å². The minimum absolute atomic E-state index is 0.0460. The van der Waals surface area contributed by atoms with E-state index in [4.69, 9.17) is 9.15 Å². The molecule has 0 atom stereocenters. The molecule has 2 heterocycles. The molecule has 0 fully saturated rings. The van der Waals surface area contributed by atoms with Crippen LogP contribution >= 0.6 is 11.8 Å². The topological polar surface area (TPSA) is 109 Å². The fourth-order valence-corrected chi connectivity index (χ4v) is 2.96. The highest BCUT2D eigenvalue weighted by Crippen LogP contribution is 2.24. The molecule has 0 radical (unpaired) electrons. The molecule has 0 aliphatic rings. The number of ether oxygens (including phenoxy) is 1. The van der Waals surface area contributed by atoms with Crippen molar-refractivity contribution in [1.82, 2.24) is 9.97 Å². The molecule has 7 nitrogen and oxygen atoms in total. The van der Waals surface area contributed by atoms with Gasteiger partial charge in [0.05, 0.1) is 24.8 Å². The number of furan rings is 1. The number of Topliss-reactive ketones (excluding diaryl/α,β-unsaturated/α-hetero) is 1. The lowest BCUT2D eigenvalue weighted by molar-refractivity contribution is 0.0992. The maximum Gasteiger partial charge on any atom is 0.270 e. The van der Waals surface area contributed by atoms with Gasteiger partial charge in [-0.2, -0.15) is 5.26 Å². The molecule has 8 heteroatoms. The lowest BCUT2D eigenvalue weighted by atomic mass is 10.1. The lowest BCUT2D eigenvalue weighted by Crippen LogP contribution is -2.15. The molecule has 1 N–H and O–H groups in total. The molecule has 130 valence electrons. The Morgan fingerprint density at radius 1 is 1.35 bits per heavy atom. The molecule has 0 aliphatic carbocycles. The van der Waals surface area contributed by atoms with Crippen LogP contribution in [0.1, 0.15) is 16.1 Å². The summed E-state index contributed by atoms with van der Waals surface area (Å²) in [5.74, 6) is 0.710. The Morgan fingerprint density at radius 2 is 2.12 bits per heavy atom. The van der Waals surface area contributed by atoms with Crippen molar-refractivity contribution in [3.8, 4) is 23.1 Å². The minimum Gasteiger partial charge on any atom is -0.497 e. The predicted octanol–water partition coefficient (Wildman–Crippen LogP) is 2.89. The predicted molar refractivity (Wildman–Crippen MR) is 95.3 cm³/mol. The van der Waals surface area contributed by atoms with Crippen molar-refractivity contribution in [1.29, 1.82) is 5.26 Å². The first-order chi connectivity index (χ1) is 12.6. The fourth-order valence-electron chi connectivity index (χ4n) is 2.22. The number of carbonyl (C=O) groups excluding carboxylic acids is 1. The van der Waals surface area contributed by atoms with Crippen LogP contribution in [0.5, 0.6) is 5.75 Å². The number of methoxy groups -OCH3 is 1. The summed E-state index contributed by atoms with van der Waals surface area (Å²) >= 11 is 1.07. The van der Waals surface area contributed by atoms with E-state index in [-0.39, 0.29) is 33.7 Å². The highest BCUT2D eigenvalue weighted by molar-refractivity contribution is 7.99. The van der Waals surface area contributed by atoms with Gasteiger partial charge in [0.25, 0.3) is 5.56 Å². The average molecular weight is 367 g/mol. The summed E-state index contributed by atoms with van der Waals surface area (Å²) in [6.07, 6.45) is 1.42. The second-order valence-corrected chi connectivity index (χ2v) is 6.09. The number of nitrogens with zero attached hydrogens (tertiary/aromatic N) is 2. The number of hydrogen-bond donors (Lipinski definition) is 1. The SMILES string of the molecule is COc1ccc(-c2nc(SCC(=O)c3ccco3)[nH]c(=O)c2C#N)cc1. The molecule has 26 heavy (non-hydrogen) atoms. The third kappa shape index (κ3) is 3.68. The van der Waals surface area contributed by atoms with Crippen LogP contribution in [0, 0.1) is 11.3 Å². The van der Waals surface area contributed by atoms with Gasteiger partial charge < -0.3 is 14.1 Å². The van der Waals surface area contributed by atoms with Crippen LogP contribution < -0.4 is 10.3 Å². The van der Waals surface area contributed by atoms with Crippen molar-refractivity contribution >= 4 is 17.5 Å². The molecule has 0 saturated heterocycles. The maximum atomic E-state index is 12.2. The zero-order valence-electron chi connectivity index (χ0n) is 13.7. The van der Waals surface area contributed by atoms with Gasteiger partial charge in [-0.05, 0) is 36.4 Å². The highest BCUT2D eigenvalue weighted by atomic mass is 32.2. The molecule has 0 aliphatic heterocycles. The number of ketones is 1. The maximum absolute atomic E-state index is 12.2. The van der Waals surface area contributed by atoms with Gasteiger partial charge in [-0.1, -0.05) is 11.8 Å². The smallest absolute Gasteiger partial charge is 0.270 e. The Morgan fingerprint density at radius 3 is 2.73 bits per heavy atom. The van der Waals surface area contributed by atoms with Gasteiger partial charge in [0.15, 0.2) is 10.9 Å². The molecule has 0 spiro atoms. The van der Waals surface area contributed by atoms with Crippen LogP contribution in [0.25, 0.3) is 11.3 Å². The summed E-state index contributed by atoms with van der Waals surface area (Å²) in [6.45, 7) is 0. The largest absolute Gasteiger partial charge is 0.497 e. The number of benzene rings is 1. The first kappa shape index (κ1) is 17.5. The summed E-state index contributed by atoms with van der Waals surface area (Å²) in [7, 11) is 1.55. The van der Waals surface area contributed by atoms with E-state index in [0.717, 1.165) is 11.8 Å². The molecular formula is C18H13N3O4S. The van der Waals surface area contributed by atoms with Gasteiger partial charge in [-0.25, -0.2) is 4.98 Å². The monoisotopic (exact) mass is 367 g/mol. The summed E-state index contributed by atoms with van der Waals surface area (Å²) in [6, 6.07) is 11.9.